The quantitative estimate of drug-likeness (QED) is 0.556. The summed E-state index contributed by atoms with van der Waals surface area (Å²) in [4.78, 5) is 9.85. The molecule has 0 aromatic heterocycles. The van der Waals surface area contributed by atoms with Crippen molar-refractivity contribution in [2.75, 3.05) is 52.5 Å². The van der Waals surface area contributed by atoms with Gasteiger partial charge in [0.1, 0.15) is 6.10 Å². The summed E-state index contributed by atoms with van der Waals surface area (Å²) in [7, 11) is 0. The number of aliphatic imine (C=N–C) groups is 1. The minimum Gasteiger partial charge on any atom is -0.379 e. The average Bonchev–Trinajstić information content (AvgIpc) is 2.84. The standard InChI is InChI=1S/C26H36N4O2/c1-3-27-26(30-14-17-32-25(20-30)24-11-7-4-8-21(24)2)28-18-22-9-5-6-10-23(22)19-29-12-15-31-16-13-29/h4-11,25H,3,12-20H2,1-2H3,(H,27,28). The van der Waals surface area contributed by atoms with Crippen LogP contribution in [0, 0.1) is 6.92 Å². The van der Waals surface area contributed by atoms with Crippen molar-refractivity contribution in [2.24, 2.45) is 4.99 Å². The van der Waals surface area contributed by atoms with Crippen molar-refractivity contribution < 1.29 is 9.47 Å². The van der Waals surface area contributed by atoms with Crippen molar-refractivity contribution in [3.63, 3.8) is 0 Å². The maximum Gasteiger partial charge on any atom is 0.194 e. The fourth-order valence-electron chi connectivity index (χ4n) is 4.43. The normalized spacial score (nSPS) is 20.4. The van der Waals surface area contributed by atoms with Gasteiger partial charge in [-0.2, -0.15) is 0 Å². The number of guanidine groups is 1. The number of nitrogens with zero attached hydrogens (tertiary/aromatic N) is 3. The van der Waals surface area contributed by atoms with Gasteiger partial charge >= 0.3 is 0 Å². The first kappa shape index (κ1) is 22.8. The van der Waals surface area contributed by atoms with Crippen molar-refractivity contribution >= 4 is 5.96 Å². The molecule has 1 unspecified atom stereocenters. The highest BCUT2D eigenvalue weighted by atomic mass is 16.5. The van der Waals surface area contributed by atoms with E-state index in [1.54, 1.807) is 0 Å². The molecule has 0 bridgehead atoms. The third kappa shape index (κ3) is 5.88. The van der Waals surface area contributed by atoms with Gasteiger partial charge in [-0.1, -0.05) is 48.5 Å². The van der Waals surface area contributed by atoms with Gasteiger partial charge in [0.2, 0.25) is 0 Å². The van der Waals surface area contributed by atoms with Crippen LogP contribution in [0.15, 0.2) is 53.5 Å². The summed E-state index contributed by atoms with van der Waals surface area (Å²) in [5, 5.41) is 3.50. The Bertz CT molecular complexity index is 895. The summed E-state index contributed by atoms with van der Waals surface area (Å²) in [6.45, 7) is 12.8. The molecule has 32 heavy (non-hydrogen) atoms. The lowest BCUT2D eigenvalue weighted by atomic mass is 10.0. The Balaban J connectivity index is 1.47. The monoisotopic (exact) mass is 436 g/mol. The molecule has 2 saturated heterocycles. The number of ether oxygens (including phenoxy) is 2. The highest BCUT2D eigenvalue weighted by Crippen LogP contribution is 2.25. The third-order valence-electron chi connectivity index (χ3n) is 6.25. The first-order valence-corrected chi connectivity index (χ1v) is 11.8. The van der Waals surface area contributed by atoms with Gasteiger partial charge < -0.3 is 19.7 Å². The topological polar surface area (TPSA) is 49.3 Å². The van der Waals surface area contributed by atoms with Crippen LogP contribution in [0.25, 0.3) is 0 Å². The van der Waals surface area contributed by atoms with Gasteiger partial charge in [0, 0.05) is 32.7 Å². The zero-order valence-electron chi connectivity index (χ0n) is 19.4. The van der Waals surface area contributed by atoms with Crippen LogP contribution in [0.3, 0.4) is 0 Å². The van der Waals surface area contributed by atoms with E-state index in [1.807, 2.05) is 0 Å². The second-order valence-electron chi connectivity index (χ2n) is 8.49. The van der Waals surface area contributed by atoms with E-state index in [-0.39, 0.29) is 6.10 Å². The Morgan fingerprint density at radius 3 is 2.53 bits per heavy atom. The van der Waals surface area contributed by atoms with Crippen LogP contribution in [-0.2, 0) is 22.6 Å². The lowest BCUT2D eigenvalue weighted by molar-refractivity contribution is -0.00834. The first-order chi connectivity index (χ1) is 15.7. The van der Waals surface area contributed by atoms with Crippen LogP contribution in [0.5, 0.6) is 0 Å². The molecule has 1 N–H and O–H groups in total. The summed E-state index contributed by atoms with van der Waals surface area (Å²) < 4.78 is 11.6. The molecule has 2 aromatic carbocycles. The third-order valence-corrected chi connectivity index (χ3v) is 6.25. The number of nitrogens with one attached hydrogen (secondary N) is 1. The molecule has 2 aliphatic heterocycles. The molecule has 172 valence electrons. The maximum absolute atomic E-state index is 6.13. The predicted molar refractivity (Wildman–Crippen MR) is 129 cm³/mol. The number of benzene rings is 2. The van der Waals surface area contributed by atoms with Crippen molar-refractivity contribution in [2.45, 2.75) is 33.0 Å². The van der Waals surface area contributed by atoms with Gasteiger partial charge in [-0.05, 0) is 36.1 Å². The van der Waals surface area contributed by atoms with Gasteiger partial charge in [-0.15, -0.1) is 0 Å². The minimum atomic E-state index is 0.0717. The van der Waals surface area contributed by atoms with Gasteiger partial charge in [0.25, 0.3) is 0 Å². The molecule has 2 aliphatic rings. The Hall–Kier alpha value is -2.41. The highest BCUT2D eigenvalue weighted by molar-refractivity contribution is 5.80. The second-order valence-corrected chi connectivity index (χ2v) is 8.49. The van der Waals surface area contributed by atoms with E-state index in [2.05, 4.69) is 77.5 Å². The second kappa shape index (κ2) is 11.5. The average molecular weight is 437 g/mol. The maximum atomic E-state index is 6.13. The Morgan fingerprint density at radius 1 is 1.00 bits per heavy atom. The van der Waals surface area contributed by atoms with E-state index in [0.717, 1.165) is 58.4 Å². The molecule has 4 rings (SSSR count). The van der Waals surface area contributed by atoms with Gasteiger partial charge in [-0.3, -0.25) is 4.90 Å². The van der Waals surface area contributed by atoms with Crippen LogP contribution in [0.2, 0.25) is 0 Å². The van der Waals surface area contributed by atoms with Crippen molar-refractivity contribution in [3.05, 3.63) is 70.8 Å². The summed E-state index contributed by atoms with van der Waals surface area (Å²) >= 11 is 0. The molecule has 2 fully saturated rings. The van der Waals surface area contributed by atoms with Crippen LogP contribution in [0.1, 0.15) is 35.3 Å². The smallest absolute Gasteiger partial charge is 0.194 e. The fourth-order valence-corrected chi connectivity index (χ4v) is 4.43. The summed E-state index contributed by atoms with van der Waals surface area (Å²) in [5.41, 5.74) is 5.19. The highest BCUT2D eigenvalue weighted by Gasteiger charge is 2.25. The largest absolute Gasteiger partial charge is 0.379 e. The fraction of sp³-hybridized carbons (Fsp3) is 0.500. The lowest BCUT2D eigenvalue weighted by Gasteiger charge is -2.36. The number of morpholine rings is 2. The van der Waals surface area contributed by atoms with Gasteiger partial charge in [-0.25, -0.2) is 4.99 Å². The first-order valence-electron chi connectivity index (χ1n) is 11.8. The SMILES string of the molecule is CCNC(=NCc1ccccc1CN1CCOCC1)N1CCOC(c2ccccc2C)C1. The molecular weight excluding hydrogens is 400 g/mol. The van der Waals surface area contributed by atoms with E-state index in [0.29, 0.717) is 13.2 Å². The van der Waals surface area contributed by atoms with E-state index >= 15 is 0 Å². The predicted octanol–water partition coefficient (Wildman–Crippen LogP) is 3.37. The van der Waals surface area contributed by atoms with Crippen molar-refractivity contribution in [1.29, 1.82) is 0 Å². The van der Waals surface area contributed by atoms with Crippen molar-refractivity contribution in [3.8, 4) is 0 Å². The Morgan fingerprint density at radius 2 is 1.75 bits per heavy atom. The molecule has 0 amide bonds. The Labute approximate surface area is 192 Å². The number of aryl methyl sites for hydroxylation is 1. The molecular formula is C26H36N4O2. The van der Waals surface area contributed by atoms with E-state index < -0.39 is 0 Å². The molecule has 2 heterocycles. The van der Waals surface area contributed by atoms with E-state index in [4.69, 9.17) is 14.5 Å². The number of hydrogen-bond acceptors (Lipinski definition) is 4. The van der Waals surface area contributed by atoms with Crippen LogP contribution in [-0.4, -0.2) is 68.3 Å². The molecule has 2 aromatic rings. The molecule has 0 radical (unpaired) electrons. The zero-order chi connectivity index (χ0) is 22.2. The summed E-state index contributed by atoms with van der Waals surface area (Å²) in [6, 6.07) is 17.2. The molecule has 6 heteroatoms. The summed E-state index contributed by atoms with van der Waals surface area (Å²) in [5.74, 6) is 0.968. The molecule has 0 spiro atoms. The van der Waals surface area contributed by atoms with Crippen molar-refractivity contribution in [1.82, 2.24) is 15.1 Å². The molecule has 6 nitrogen and oxygen atoms in total. The number of hydrogen-bond donors (Lipinski definition) is 1. The van der Waals surface area contributed by atoms with Crippen LogP contribution in [0.4, 0.5) is 0 Å². The Kier molecular flexibility index (Phi) is 8.15. The van der Waals surface area contributed by atoms with Crippen LogP contribution < -0.4 is 5.32 Å². The zero-order valence-corrected chi connectivity index (χ0v) is 19.4. The molecule has 0 saturated carbocycles. The minimum absolute atomic E-state index is 0.0717. The lowest BCUT2D eigenvalue weighted by Crippen LogP contribution is -2.48. The van der Waals surface area contributed by atoms with E-state index in [1.165, 1.54) is 22.3 Å². The van der Waals surface area contributed by atoms with Gasteiger partial charge in [0.05, 0.1) is 32.9 Å². The summed E-state index contributed by atoms with van der Waals surface area (Å²) in [6.07, 6.45) is 0.0717. The molecule has 0 aliphatic carbocycles. The molecule has 1 atom stereocenters. The van der Waals surface area contributed by atoms with Crippen LogP contribution >= 0.6 is 0 Å². The number of rotatable bonds is 6. The van der Waals surface area contributed by atoms with E-state index in [9.17, 15) is 0 Å². The van der Waals surface area contributed by atoms with Gasteiger partial charge in [0.15, 0.2) is 5.96 Å².